The highest BCUT2D eigenvalue weighted by atomic mass is 14.5. The molecule has 0 fully saturated rings. The second-order valence-electron chi connectivity index (χ2n) is 11.3. The van der Waals surface area contributed by atoms with Gasteiger partial charge in [0.25, 0.3) is 0 Å². The fourth-order valence-corrected chi connectivity index (χ4v) is 7.77. The van der Waals surface area contributed by atoms with Crippen LogP contribution in [0.4, 0.5) is 0 Å². The number of hydrogen-bond donors (Lipinski definition) is 0. The van der Waals surface area contributed by atoms with Crippen LogP contribution in [0, 0.1) is 6.92 Å². The first-order valence-electron chi connectivity index (χ1n) is 14.1. The van der Waals surface area contributed by atoms with E-state index in [0.717, 1.165) is 0 Å². The van der Waals surface area contributed by atoms with Gasteiger partial charge in [0.15, 0.2) is 0 Å². The predicted octanol–water partition coefficient (Wildman–Crippen LogP) is 10.3. The van der Waals surface area contributed by atoms with Crippen molar-refractivity contribution in [2.24, 2.45) is 0 Å². The van der Waals surface area contributed by atoms with Gasteiger partial charge in [-0.1, -0.05) is 139 Å². The maximum absolute atomic E-state index is 2.38. The van der Waals surface area contributed by atoms with Crippen molar-refractivity contribution in [1.82, 2.24) is 0 Å². The summed E-state index contributed by atoms with van der Waals surface area (Å²) in [7, 11) is 0. The molecular formula is C40H26. The lowest BCUT2D eigenvalue weighted by Gasteiger charge is -2.31. The van der Waals surface area contributed by atoms with Gasteiger partial charge in [0.05, 0.1) is 5.41 Å². The Morgan fingerprint density at radius 3 is 1.70 bits per heavy atom. The molecule has 0 N–H and O–H groups in total. The van der Waals surface area contributed by atoms with E-state index in [2.05, 4.69) is 146 Å². The Hall–Kier alpha value is -4.94. The molecule has 2 aliphatic carbocycles. The zero-order valence-corrected chi connectivity index (χ0v) is 22.3. The van der Waals surface area contributed by atoms with Gasteiger partial charge in [-0.05, 0) is 90.2 Å². The van der Waals surface area contributed by atoms with E-state index in [4.69, 9.17) is 0 Å². The summed E-state index contributed by atoms with van der Waals surface area (Å²) >= 11 is 0. The monoisotopic (exact) mass is 506 g/mol. The summed E-state index contributed by atoms with van der Waals surface area (Å²) in [5, 5.41) is 5.46. The largest absolute Gasteiger partial charge is 0.0726 e. The Kier molecular flexibility index (Phi) is 4.28. The first-order chi connectivity index (χ1) is 19.7. The number of hydrogen-bond acceptors (Lipinski definition) is 0. The van der Waals surface area contributed by atoms with Gasteiger partial charge < -0.3 is 0 Å². The maximum Gasteiger partial charge on any atom is 0.0726 e. The molecule has 0 unspecified atom stereocenters. The van der Waals surface area contributed by atoms with E-state index in [-0.39, 0.29) is 5.41 Å². The van der Waals surface area contributed by atoms with Crippen LogP contribution in [0.5, 0.6) is 0 Å². The van der Waals surface area contributed by atoms with Crippen molar-refractivity contribution in [3.8, 4) is 33.4 Å². The van der Waals surface area contributed by atoms with E-state index in [1.54, 1.807) is 0 Å². The average molecular weight is 507 g/mol. The Morgan fingerprint density at radius 2 is 0.950 bits per heavy atom. The normalized spacial score (nSPS) is 13.8. The number of benzene rings is 7. The number of aryl methyl sites for hydroxylation is 1. The van der Waals surface area contributed by atoms with Crippen LogP contribution in [0.15, 0.2) is 140 Å². The van der Waals surface area contributed by atoms with Gasteiger partial charge in [-0.25, -0.2) is 0 Å². The molecule has 2 aliphatic rings. The number of rotatable bonds is 2. The maximum atomic E-state index is 2.38. The van der Waals surface area contributed by atoms with E-state index in [1.807, 2.05) is 0 Å². The van der Waals surface area contributed by atoms with Crippen molar-refractivity contribution in [2.45, 2.75) is 12.3 Å². The molecular weight excluding hydrogens is 480 g/mol. The van der Waals surface area contributed by atoms with E-state index >= 15 is 0 Å². The van der Waals surface area contributed by atoms with Crippen LogP contribution in [-0.4, -0.2) is 0 Å². The molecule has 0 aliphatic heterocycles. The SMILES string of the molecule is Cc1cccc(-c2cccc(-c3cccc4c3-c3ccccc3C43c4cccc5ccc6cccc3c6c45)c2)c1. The van der Waals surface area contributed by atoms with Crippen molar-refractivity contribution in [3.63, 3.8) is 0 Å². The zero-order valence-electron chi connectivity index (χ0n) is 22.3. The lowest BCUT2D eigenvalue weighted by atomic mass is 9.70. The third-order valence-electron chi connectivity index (χ3n) is 9.29. The van der Waals surface area contributed by atoms with E-state index in [0.29, 0.717) is 0 Å². The minimum atomic E-state index is -0.321. The fourth-order valence-electron chi connectivity index (χ4n) is 7.77. The quantitative estimate of drug-likeness (QED) is 0.205. The highest BCUT2D eigenvalue weighted by molar-refractivity contribution is 6.17. The smallest absolute Gasteiger partial charge is 0.0619 e. The highest BCUT2D eigenvalue weighted by Gasteiger charge is 2.51. The summed E-state index contributed by atoms with van der Waals surface area (Å²) in [6, 6.07) is 52.3. The Balaban J connectivity index is 1.38. The molecule has 7 aromatic carbocycles. The lowest BCUT2D eigenvalue weighted by Crippen LogP contribution is -2.26. The molecule has 0 heterocycles. The predicted molar refractivity (Wildman–Crippen MR) is 168 cm³/mol. The van der Waals surface area contributed by atoms with E-state index < -0.39 is 0 Å². The molecule has 0 saturated heterocycles. The van der Waals surface area contributed by atoms with Gasteiger partial charge in [-0.15, -0.1) is 0 Å². The minimum Gasteiger partial charge on any atom is -0.0619 e. The van der Waals surface area contributed by atoms with Crippen LogP contribution in [0.2, 0.25) is 0 Å². The van der Waals surface area contributed by atoms with Crippen LogP contribution >= 0.6 is 0 Å². The zero-order chi connectivity index (χ0) is 26.4. The fraction of sp³-hybridized carbons (Fsp3) is 0.0500. The van der Waals surface area contributed by atoms with E-state index in [9.17, 15) is 0 Å². The summed E-state index contributed by atoms with van der Waals surface area (Å²) in [6.45, 7) is 2.16. The van der Waals surface area contributed by atoms with Gasteiger partial charge in [0, 0.05) is 0 Å². The van der Waals surface area contributed by atoms with Gasteiger partial charge in [-0.2, -0.15) is 0 Å². The molecule has 0 heteroatoms. The van der Waals surface area contributed by atoms with Gasteiger partial charge in [-0.3, -0.25) is 0 Å². The first kappa shape index (κ1) is 21.9. The van der Waals surface area contributed by atoms with Crippen molar-refractivity contribution in [2.75, 3.05) is 0 Å². The molecule has 0 aromatic heterocycles. The molecule has 40 heavy (non-hydrogen) atoms. The van der Waals surface area contributed by atoms with Crippen molar-refractivity contribution >= 4 is 21.5 Å². The average Bonchev–Trinajstić information content (AvgIpc) is 3.49. The molecule has 7 aromatic rings. The van der Waals surface area contributed by atoms with Crippen molar-refractivity contribution in [3.05, 3.63) is 167 Å². The van der Waals surface area contributed by atoms with Gasteiger partial charge in [0.2, 0.25) is 0 Å². The van der Waals surface area contributed by atoms with Crippen LogP contribution in [0.25, 0.3) is 54.9 Å². The third-order valence-corrected chi connectivity index (χ3v) is 9.29. The number of fused-ring (bicyclic) bond motifs is 7. The van der Waals surface area contributed by atoms with Crippen LogP contribution < -0.4 is 0 Å². The second kappa shape index (κ2) is 7.81. The molecule has 0 bridgehead atoms. The van der Waals surface area contributed by atoms with Gasteiger partial charge >= 0.3 is 0 Å². The van der Waals surface area contributed by atoms with Crippen molar-refractivity contribution < 1.29 is 0 Å². The molecule has 186 valence electrons. The Labute approximate surface area is 234 Å². The Bertz CT molecular complexity index is 2120. The molecule has 9 rings (SSSR count). The molecule has 0 nitrogen and oxygen atoms in total. The molecule has 0 radical (unpaired) electrons. The Morgan fingerprint density at radius 1 is 0.400 bits per heavy atom. The van der Waals surface area contributed by atoms with Crippen molar-refractivity contribution in [1.29, 1.82) is 0 Å². The second-order valence-corrected chi connectivity index (χ2v) is 11.3. The van der Waals surface area contributed by atoms with Crippen LogP contribution in [-0.2, 0) is 5.41 Å². The van der Waals surface area contributed by atoms with Gasteiger partial charge in [0.1, 0.15) is 0 Å². The van der Waals surface area contributed by atoms with E-state index in [1.165, 1.54) is 82.7 Å². The molecule has 0 atom stereocenters. The molecule has 1 spiro atoms. The summed E-state index contributed by atoms with van der Waals surface area (Å²) in [6.07, 6.45) is 0. The molecule has 0 saturated carbocycles. The third kappa shape index (κ3) is 2.66. The topological polar surface area (TPSA) is 0 Å². The summed E-state index contributed by atoms with van der Waals surface area (Å²) in [5.74, 6) is 0. The highest BCUT2D eigenvalue weighted by Crippen LogP contribution is 2.63. The minimum absolute atomic E-state index is 0.321. The van der Waals surface area contributed by atoms with Crippen LogP contribution in [0.3, 0.4) is 0 Å². The lowest BCUT2D eigenvalue weighted by molar-refractivity contribution is 0.797. The summed E-state index contributed by atoms with van der Waals surface area (Å²) < 4.78 is 0. The standard InChI is InChI=1S/C40H26/c1-25-9-4-12-28(23-25)29-13-5-14-30(24-29)31-16-8-20-36-39(31)32-15-2-3-17-33(32)40(36)34-18-6-10-26-21-22-27-11-7-19-35(40)38(27)37(26)34/h2-24H,1H3. The summed E-state index contributed by atoms with van der Waals surface area (Å²) in [5.41, 5.74) is 14.3. The van der Waals surface area contributed by atoms with Crippen LogP contribution in [0.1, 0.15) is 27.8 Å². The summed E-state index contributed by atoms with van der Waals surface area (Å²) in [4.78, 5) is 0. The first-order valence-corrected chi connectivity index (χ1v) is 14.1. The molecule has 0 amide bonds.